The highest BCUT2D eigenvalue weighted by molar-refractivity contribution is 5.91. The Hall–Kier alpha value is -1.58. The number of carbonyl (C=O) groups excluding carboxylic acids is 2. The Labute approximate surface area is 109 Å². The maximum Gasteiger partial charge on any atom is 0.331 e. The summed E-state index contributed by atoms with van der Waals surface area (Å²) >= 11 is 0. The minimum Gasteiger partial charge on any atom is -0.463 e. The highest BCUT2D eigenvalue weighted by atomic mass is 16.5. The summed E-state index contributed by atoms with van der Waals surface area (Å²) in [6, 6.07) is 0. The molecule has 4 heteroatoms. The van der Waals surface area contributed by atoms with Crippen LogP contribution in [0.2, 0.25) is 0 Å². The molecule has 0 aromatic rings. The maximum absolute atomic E-state index is 11.2. The fourth-order valence-electron chi connectivity index (χ4n) is 1.25. The molecule has 0 fully saturated rings. The van der Waals surface area contributed by atoms with Crippen molar-refractivity contribution in [2.45, 2.75) is 39.0 Å². The van der Waals surface area contributed by atoms with Crippen LogP contribution in [0.1, 0.15) is 39.0 Å². The fourth-order valence-corrected chi connectivity index (χ4v) is 1.25. The first-order valence-electron chi connectivity index (χ1n) is 6.33. The van der Waals surface area contributed by atoms with E-state index >= 15 is 0 Å². The number of rotatable bonds is 10. The molecule has 0 saturated heterocycles. The topological polar surface area (TPSA) is 52.6 Å². The third-order valence-corrected chi connectivity index (χ3v) is 2.19. The Morgan fingerprint density at radius 1 is 1.00 bits per heavy atom. The predicted octanol–water partition coefficient (Wildman–Crippen LogP) is 2.79. The van der Waals surface area contributed by atoms with Gasteiger partial charge in [-0.3, -0.25) is 0 Å². The number of esters is 2. The second kappa shape index (κ2) is 11.9. The van der Waals surface area contributed by atoms with Crippen molar-refractivity contribution in [2.75, 3.05) is 13.2 Å². The number of carbonyl (C=O) groups is 2. The third-order valence-electron chi connectivity index (χ3n) is 2.19. The Morgan fingerprint density at radius 3 is 2.22 bits per heavy atom. The van der Waals surface area contributed by atoms with E-state index in [0.29, 0.717) is 6.61 Å². The Kier molecular flexibility index (Phi) is 10.8. The highest BCUT2D eigenvalue weighted by Crippen LogP contribution is 2.02. The molecule has 0 aliphatic carbocycles. The average Bonchev–Trinajstić information content (AvgIpc) is 2.38. The van der Waals surface area contributed by atoms with Gasteiger partial charge in [0.1, 0.15) is 6.61 Å². The summed E-state index contributed by atoms with van der Waals surface area (Å²) in [6.45, 7) is 6.09. The summed E-state index contributed by atoms with van der Waals surface area (Å²) in [5.74, 6) is -1.09. The van der Waals surface area contributed by atoms with Crippen molar-refractivity contribution in [3.63, 3.8) is 0 Å². The lowest BCUT2D eigenvalue weighted by Crippen LogP contribution is -2.05. The largest absolute Gasteiger partial charge is 0.463 e. The first kappa shape index (κ1) is 16.4. The van der Waals surface area contributed by atoms with Gasteiger partial charge < -0.3 is 9.47 Å². The van der Waals surface area contributed by atoms with Gasteiger partial charge in [-0.1, -0.05) is 45.3 Å². The average molecular weight is 254 g/mol. The zero-order valence-electron chi connectivity index (χ0n) is 11.0. The van der Waals surface area contributed by atoms with E-state index < -0.39 is 11.9 Å². The maximum atomic E-state index is 11.2. The minimum atomic E-state index is -0.574. The van der Waals surface area contributed by atoms with E-state index in [2.05, 4.69) is 18.2 Å². The summed E-state index contributed by atoms with van der Waals surface area (Å²) in [6.07, 6.45) is 9.09. The molecule has 0 saturated carbocycles. The molecule has 0 aromatic carbocycles. The summed E-state index contributed by atoms with van der Waals surface area (Å²) in [4.78, 5) is 22.2. The van der Waals surface area contributed by atoms with Crippen molar-refractivity contribution in [3.05, 3.63) is 24.8 Å². The zero-order chi connectivity index (χ0) is 13.6. The lowest BCUT2D eigenvalue weighted by atomic mass is 10.2. The van der Waals surface area contributed by atoms with Crippen molar-refractivity contribution < 1.29 is 19.1 Å². The number of unbranched alkanes of at least 4 members (excludes halogenated alkanes) is 4. The summed E-state index contributed by atoms with van der Waals surface area (Å²) < 4.78 is 9.58. The van der Waals surface area contributed by atoms with Crippen LogP contribution in [0.4, 0.5) is 0 Å². The molecule has 18 heavy (non-hydrogen) atoms. The van der Waals surface area contributed by atoms with E-state index in [1.807, 2.05) is 0 Å². The van der Waals surface area contributed by atoms with Crippen LogP contribution in [-0.4, -0.2) is 25.2 Å². The second-order valence-corrected chi connectivity index (χ2v) is 3.83. The molecular weight excluding hydrogens is 232 g/mol. The van der Waals surface area contributed by atoms with E-state index in [1.165, 1.54) is 18.9 Å². The lowest BCUT2D eigenvalue weighted by Gasteiger charge is -2.01. The zero-order valence-corrected chi connectivity index (χ0v) is 11.0. The molecule has 0 aliphatic heterocycles. The summed E-state index contributed by atoms with van der Waals surface area (Å²) in [7, 11) is 0. The molecular formula is C14H22O4. The smallest absolute Gasteiger partial charge is 0.331 e. The van der Waals surface area contributed by atoms with Crippen LogP contribution in [0.3, 0.4) is 0 Å². The van der Waals surface area contributed by atoms with E-state index in [0.717, 1.165) is 31.4 Å². The van der Waals surface area contributed by atoms with Gasteiger partial charge in [-0.05, 0) is 6.42 Å². The number of hydrogen-bond acceptors (Lipinski definition) is 4. The molecule has 0 aliphatic rings. The molecule has 0 aromatic heterocycles. The number of ether oxygens (including phenoxy) is 2. The van der Waals surface area contributed by atoms with Crippen molar-refractivity contribution in [1.82, 2.24) is 0 Å². The first-order chi connectivity index (χ1) is 8.70. The van der Waals surface area contributed by atoms with E-state index in [-0.39, 0.29) is 6.61 Å². The molecule has 4 nitrogen and oxygen atoms in total. The molecule has 0 rings (SSSR count). The first-order valence-corrected chi connectivity index (χ1v) is 6.33. The molecule has 0 unspecified atom stereocenters. The van der Waals surface area contributed by atoms with Gasteiger partial charge in [0.25, 0.3) is 0 Å². The van der Waals surface area contributed by atoms with Crippen LogP contribution in [0.15, 0.2) is 24.8 Å². The minimum absolute atomic E-state index is 0.135. The SMILES string of the molecule is C=CCOC(=O)/C=C/C(=O)OCCCCCCC. The van der Waals surface area contributed by atoms with Gasteiger partial charge in [-0.2, -0.15) is 0 Å². The van der Waals surface area contributed by atoms with Gasteiger partial charge in [0.2, 0.25) is 0 Å². The van der Waals surface area contributed by atoms with E-state index in [4.69, 9.17) is 4.74 Å². The van der Waals surface area contributed by atoms with Crippen LogP contribution in [0.25, 0.3) is 0 Å². The van der Waals surface area contributed by atoms with Gasteiger partial charge >= 0.3 is 11.9 Å². The molecule has 0 N–H and O–H groups in total. The second-order valence-electron chi connectivity index (χ2n) is 3.83. The van der Waals surface area contributed by atoms with Crippen molar-refractivity contribution >= 4 is 11.9 Å². The predicted molar refractivity (Wildman–Crippen MR) is 70.0 cm³/mol. The Morgan fingerprint density at radius 2 is 1.61 bits per heavy atom. The summed E-state index contributed by atoms with van der Waals surface area (Å²) in [5.41, 5.74) is 0. The fraction of sp³-hybridized carbons (Fsp3) is 0.571. The quantitative estimate of drug-likeness (QED) is 0.260. The molecule has 0 atom stereocenters. The van der Waals surface area contributed by atoms with Crippen LogP contribution in [0.5, 0.6) is 0 Å². The van der Waals surface area contributed by atoms with Crippen molar-refractivity contribution in [2.24, 2.45) is 0 Å². The van der Waals surface area contributed by atoms with Crippen LogP contribution in [0, 0.1) is 0 Å². The Balaban J connectivity index is 3.55. The molecule has 102 valence electrons. The van der Waals surface area contributed by atoms with Crippen LogP contribution >= 0.6 is 0 Å². The van der Waals surface area contributed by atoms with Gasteiger partial charge in [0.05, 0.1) is 6.61 Å². The van der Waals surface area contributed by atoms with Gasteiger partial charge in [0.15, 0.2) is 0 Å². The van der Waals surface area contributed by atoms with Gasteiger partial charge in [0, 0.05) is 12.2 Å². The lowest BCUT2D eigenvalue weighted by molar-refractivity contribution is -0.140. The van der Waals surface area contributed by atoms with Crippen LogP contribution < -0.4 is 0 Å². The number of hydrogen-bond donors (Lipinski definition) is 0. The normalized spacial score (nSPS) is 10.3. The summed E-state index contributed by atoms with van der Waals surface area (Å²) in [5, 5.41) is 0. The molecule has 0 bridgehead atoms. The van der Waals surface area contributed by atoms with Crippen molar-refractivity contribution in [1.29, 1.82) is 0 Å². The van der Waals surface area contributed by atoms with E-state index in [1.54, 1.807) is 0 Å². The monoisotopic (exact) mass is 254 g/mol. The van der Waals surface area contributed by atoms with Crippen molar-refractivity contribution in [3.8, 4) is 0 Å². The van der Waals surface area contributed by atoms with Gasteiger partial charge in [-0.15, -0.1) is 0 Å². The molecule has 0 heterocycles. The molecule has 0 radical (unpaired) electrons. The standard InChI is InChI=1S/C14H22O4/c1-3-5-6-7-8-12-18-14(16)10-9-13(15)17-11-4-2/h4,9-10H,2-3,5-8,11-12H2,1H3/b10-9+. The molecule has 0 spiro atoms. The molecule has 0 amide bonds. The third kappa shape index (κ3) is 10.9. The van der Waals surface area contributed by atoms with Crippen LogP contribution in [-0.2, 0) is 19.1 Å². The van der Waals surface area contributed by atoms with E-state index in [9.17, 15) is 9.59 Å². The Bertz CT molecular complexity index is 282. The van der Waals surface area contributed by atoms with Gasteiger partial charge in [-0.25, -0.2) is 9.59 Å². The highest BCUT2D eigenvalue weighted by Gasteiger charge is 2.00.